The maximum absolute atomic E-state index is 3.88. The minimum absolute atomic E-state index is 0.288. The summed E-state index contributed by atoms with van der Waals surface area (Å²) in [6.07, 6.45) is 10.3. The average Bonchev–Trinajstić information content (AvgIpc) is 2.75. The lowest BCUT2D eigenvalue weighted by molar-refractivity contribution is 0.376. The zero-order valence-corrected chi connectivity index (χ0v) is 18.0. The second-order valence-electron chi connectivity index (χ2n) is 7.81. The first-order chi connectivity index (χ1) is 13.9. The third-order valence-electron chi connectivity index (χ3n) is 5.44. The van der Waals surface area contributed by atoms with E-state index < -0.39 is 0 Å². The van der Waals surface area contributed by atoms with Gasteiger partial charge in [0.2, 0.25) is 0 Å². The predicted octanol–water partition coefficient (Wildman–Crippen LogP) is 6.81. The Morgan fingerprint density at radius 1 is 0.536 bits per heavy atom. The van der Waals surface area contributed by atoms with E-state index in [1.807, 2.05) is 0 Å². The zero-order chi connectivity index (χ0) is 19.9. The second kappa shape index (κ2) is 14.4. The molecule has 0 aliphatic carbocycles. The van der Waals surface area contributed by atoms with Crippen LogP contribution in [0.1, 0.15) is 88.4 Å². The molecule has 0 spiro atoms. The lowest BCUT2D eigenvalue weighted by Gasteiger charge is -2.30. The van der Waals surface area contributed by atoms with Crippen molar-refractivity contribution in [2.45, 2.75) is 77.3 Å². The van der Waals surface area contributed by atoms with E-state index >= 15 is 0 Å². The van der Waals surface area contributed by atoms with Crippen LogP contribution in [0.4, 0.5) is 0 Å². The minimum Gasteiger partial charge on any atom is -0.308 e. The molecule has 28 heavy (non-hydrogen) atoms. The van der Waals surface area contributed by atoms with E-state index in [4.69, 9.17) is 0 Å². The summed E-state index contributed by atoms with van der Waals surface area (Å²) >= 11 is 0. The smallest absolute Gasteiger partial charge is 0.0518 e. The highest BCUT2D eigenvalue weighted by Gasteiger charge is 2.23. The first-order valence-corrected chi connectivity index (χ1v) is 11.4. The summed E-state index contributed by atoms with van der Waals surface area (Å²) in [7, 11) is 0. The molecule has 2 aromatic carbocycles. The third kappa shape index (κ3) is 8.16. The van der Waals surface area contributed by atoms with Crippen molar-refractivity contribution in [2.75, 3.05) is 13.1 Å². The van der Waals surface area contributed by atoms with E-state index in [0.29, 0.717) is 0 Å². The SMILES string of the molecule is CCCCCCN[C@H](c1ccccc1)[C@@H](NCCCCCC)c1ccccc1. The fourth-order valence-corrected chi connectivity index (χ4v) is 3.80. The quantitative estimate of drug-likeness (QED) is 0.332. The van der Waals surface area contributed by atoms with E-state index in [1.54, 1.807) is 0 Å². The van der Waals surface area contributed by atoms with Crippen molar-refractivity contribution in [2.24, 2.45) is 0 Å². The lowest BCUT2D eigenvalue weighted by atomic mass is 9.92. The third-order valence-corrected chi connectivity index (χ3v) is 5.44. The van der Waals surface area contributed by atoms with Crippen molar-refractivity contribution in [1.29, 1.82) is 0 Å². The largest absolute Gasteiger partial charge is 0.308 e. The first kappa shape index (κ1) is 22.6. The summed E-state index contributed by atoms with van der Waals surface area (Å²) in [4.78, 5) is 0. The van der Waals surface area contributed by atoms with Gasteiger partial charge in [0.05, 0.1) is 12.1 Å². The van der Waals surface area contributed by atoms with Crippen LogP contribution in [0.5, 0.6) is 0 Å². The normalized spacial score (nSPS) is 13.4. The molecule has 2 heteroatoms. The predicted molar refractivity (Wildman–Crippen MR) is 123 cm³/mol. The van der Waals surface area contributed by atoms with Gasteiger partial charge in [-0.1, -0.05) is 113 Å². The highest BCUT2D eigenvalue weighted by Crippen LogP contribution is 2.29. The van der Waals surface area contributed by atoms with Crippen molar-refractivity contribution in [1.82, 2.24) is 10.6 Å². The Morgan fingerprint density at radius 3 is 1.29 bits per heavy atom. The van der Waals surface area contributed by atoms with Crippen LogP contribution in [-0.2, 0) is 0 Å². The van der Waals surface area contributed by atoms with Gasteiger partial charge in [-0.25, -0.2) is 0 Å². The summed E-state index contributed by atoms with van der Waals surface area (Å²) in [5, 5.41) is 7.77. The van der Waals surface area contributed by atoms with Crippen LogP contribution < -0.4 is 10.6 Å². The van der Waals surface area contributed by atoms with Crippen molar-refractivity contribution in [3.63, 3.8) is 0 Å². The molecule has 0 saturated carbocycles. The maximum Gasteiger partial charge on any atom is 0.0518 e. The van der Waals surface area contributed by atoms with Crippen LogP contribution in [0, 0.1) is 0 Å². The molecular formula is C26H40N2. The van der Waals surface area contributed by atoms with Crippen LogP contribution in [0.25, 0.3) is 0 Å². The Kier molecular flexibility index (Phi) is 11.6. The van der Waals surface area contributed by atoms with E-state index in [0.717, 1.165) is 13.1 Å². The Hall–Kier alpha value is -1.64. The topological polar surface area (TPSA) is 24.1 Å². The number of benzene rings is 2. The van der Waals surface area contributed by atoms with Crippen LogP contribution in [0.2, 0.25) is 0 Å². The van der Waals surface area contributed by atoms with Crippen molar-refractivity contribution < 1.29 is 0 Å². The summed E-state index contributed by atoms with van der Waals surface area (Å²) in [6, 6.07) is 22.5. The van der Waals surface area contributed by atoms with Gasteiger partial charge in [-0.2, -0.15) is 0 Å². The number of hydrogen-bond donors (Lipinski definition) is 2. The number of nitrogens with one attached hydrogen (secondary N) is 2. The molecule has 0 saturated heterocycles. The molecule has 0 unspecified atom stereocenters. The first-order valence-electron chi connectivity index (χ1n) is 11.4. The summed E-state index contributed by atoms with van der Waals surface area (Å²) < 4.78 is 0. The highest BCUT2D eigenvalue weighted by molar-refractivity contribution is 5.27. The Morgan fingerprint density at radius 2 is 0.929 bits per heavy atom. The second-order valence-corrected chi connectivity index (χ2v) is 7.81. The van der Waals surface area contributed by atoms with E-state index in [2.05, 4.69) is 85.1 Å². The van der Waals surface area contributed by atoms with Gasteiger partial charge in [0, 0.05) is 0 Å². The van der Waals surface area contributed by atoms with Crippen LogP contribution in [0.15, 0.2) is 60.7 Å². The molecule has 2 rings (SSSR count). The maximum atomic E-state index is 3.88. The molecule has 154 valence electrons. The highest BCUT2D eigenvalue weighted by atomic mass is 15.0. The van der Waals surface area contributed by atoms with Crippen molar-refractivity contribution in [3.05, 3.63) is 71.8 Å². The van der Waals surface area contributed by atoms with Gasteiger partial charge in [-0.15, -0.1) is 0 Å². The minimum atomic E-state index is 0.288. The van der Waals surface area contributed by atoms with Gasteiger partial charge in [-0.3, -0.25) is 0 Å². The van der Waals surface area contributed by atoms with Crippen LogP contribution in [-0.4, -0.2) is 13.1 Å². The van der Waals surface area contributed by atoms with Gasteiger partial charge in [0.15, 0.2) is 0 Å². The summed E-state index contributed by atoms with van der Waals surface area (Å²) in [5.41, 5.74) is 2.74. The Labute approximate surface area is 173 Å². The monoisotopic (exact) mass is 380 g/mol. The molecule has 2 N–H and O–H groups in total. The van der Waals surface area contributed by atoms with Crippen molar-refractivity contribution >= 4 is 0 Å². The summed E-state index contributed by atoms with van der Waals surface area (Å²) in [6.45, 7) is 6.68. The Balaban J connectivity index is 2.11. The van der Waals surface area contributed by atoms with E-state index in [9.17, 15) is 0 Å². The van der Waals surface area contributed by atoms with Crippen LogP contribution >= 0.6 is 0 Å². The molecule has 0 aromatic heterocycles. The molecule has 0 aliphatic heterocycles. The molecule has 0 fully saturated rings. The molecule has 0 amide bonds. The Bertz CT molecular complexity index is 541. The molecule has 0 bridgehead atoms. The molecule has 2 aromatic rings. The molecule has 2 atom stereocenters. The van der Waals surface area contributed by atoms with Gasteiger partial charge in [0.1, 0.15) is 0 Å². The van der Waals surface area contributed by atoms with Gasteiger partial charge >= 0.3 is 0 Å². The molecule has 2 nitrogen and oxygen atoms in total. The fraction of sp³-hybridized carbons (Fsp3) is 0.538. The van der Waals surface area contributed by atoms with E-state index in [1.165, 1.54) is 62.5 Å². The van der Waals surface area contributed by atoms with Crippen LogP contribution in [0.3, 0.4) is 0 Å². The van der Waals surface area contributed by atoms with Gasteiger partial charge < -0.3 is 10.6 Å². The van der Waals surface area contributed by atoms with Gasteiger partial charge in [-0.05, 0) is 37.1 Å². The molecular weight excluding hydrogens is 340 g/mol. The zero-order valence-electron chi connectivity index (χ0n) is 18.0. The number of unbranched alkanes of at least 4 members (excludes halogenated alkanes) is 6. The fourth-order valence-electron chi connectivity index (χ4n) is 3.80. The van der Waals surface area contributed by atoms with E-state index in [-0.39, 0.29) is 12.1 Å². The molecule has 0 heterocycles. The molecule has 0 radical (unpaired) electrons. The van der Waals surface area contributed by atoms with Gasteiger partial charge in [0.25, 0.3) is 0 Å². The number of rotatable bonds is 15. The number of hydrogen-bond acceptors (Lipinski definition) is 2. The van der Waals surface area contributed by atoms with Crippen molar-refractivity contribution in [3.8, 4) is 0 Å². The summed E-state index contributed by atoms with van der Waals surface area (Å²) in [5.74, 6) is 0. The standard InChI is InChI=1S/C26H40N2/c1-3-5-7-15-21-27-25(23-17-11-9-12-18-23)26(24-19-13-10-14-20-24)28-22-16-8-6-4-2/h9-14,17-20,25-28H,3-8,15-16,21-22H2,1-2H3/t25-,26+. The average molecular weight is 381 g/mol. The molecule has 0 aliphatic rings. The lowest BCUT2D eigenvalue weighted by Crippen LogP contribution is -2.36.